The van der Waals surface area contributed by atoms with E-state index in [9.17, 15) is 15.2 Å². The Morgan fingerprint density at radius 2 is 2.08 bits per heavy atom. The largest absolute Gasteiger partial charge is 0.383 e. The molecule has 1 heterocycles. The zero-order valence-corrected chi connectivity index (χ0v) is 15.0. The second kappa shape index (κ2) is 8.59. The van der Waals surface area contributed by atoms with Crippen LogP contribution in [0.1, 0.15) is 24.3 Å². The maximum atomic E-state index is 11.1. The van der Waals surface area contributed by atoms with E-state index in [1.807, 2.05) is 24.4 Å². The molecule has 2 aromatic rings. The van der Waals surface area contributed by atoms with E-state index in [-0.39, 0.29) is 18.8 Å². The summed E-state index contributed by atoms with van der Waals surface area (Å²) in [6.07, 6.45) is 0. The molecule has 3 N–H and O–H groups in total. The fourth-order valence-corrected chi connectivity index (χ4v) is 3.04. The summed E-state index contributed by atoms with van der Waals surface area (Å²) in [5.41, 5.74) is -0.439. The number of hydrogen-bond acceptors (Lipinski definition) is 5. The highest BCUT2D eigenvalue weighted by molar-refractivity contribution is 7.10. The van der Waals surface area contributed by atoms with Crippen LogP contribution >= 0.6 is 11.3 Å². The van der Waals surface area contributed by atoms with Crippen molar-refractivity contribution in [1.82, 2.24) is 10.6 Å². The molecule has 1 aromatic carbocycles. The molecule has 0 bridgehead atoms. The van der Waals surface area contributed by atoms with Gasteiger partial charge in [0.1, 0.15) is 5.60 Å². The lowest BCUT2D eigenvalue weighted by atomic mass is 10.1. The van der Waals surface area contributed by atoms with Gasteiger partial charge in [0.25, 0.3) is 5.69 Å². The lowest BCUT2D eigenvalue weighted by Crippen LogP contribution is -2.44. The summed E-state index contributed by atoms with van der Waals surface area (Å²) < 4.78 is 0. The van der Waals surface area contributed by atoms with Crippen LogP contribution in [-0.4, -0.2) is 29.1 Å². The van der Waals surface area contributed by atoms with E-state index in [1.54, 1.807) is 25.1 Å². The molecule has 0 aliphatic rings. The molecule has 0 fully saturated rings. The molecule has 0 aliphatic heterocycles. The van der Waals surface area contributed by atoms with Crippen molar-refractivity contribution in [2.45, 2.75) is 26.0 Å². The molecule has 25 heavy (non-hydrogen) atoms. The van der Waals surface area contributed by atoms with E-state index < -0.39 is 10.5 Å². The molecule has 0 aliphatic carbocycles. The highest BCUT2D eigenvalue weighted by Gasteiger charge is 2.24. The molecule has 1 unspecified atom stereocenters. The van der Waals surface area contributed by atoms with E-state index in [0.29, 0.717) is 18.1 Å². The third-order valence-electron chi connectivity index (χ3n) is 3.59. The van der Waals surface area contributed by atoms with Crippen molar-refractivity contribution in [2.75, 3.05) is 13.1 Å². The topological polar surface area (TPSA) is 99.8 Å². The van der Waals surface area contributed by atoms with Gasteiger partial charge in [-0.1, -0.05) is 24.3 Å². The van der Waals surface area contributed by atoms with Crippen LogP contribution in [0.25, 0.3) is 0 Å². The van der Waals surface area contributed by atoms with Crippen LogP contribution in [0.3, 0.4) is 0 Å². The molecule has 2 rings (SSSR count). The SMILES string of the molecule is CCNC(=NCc1ccccc1[N+](=O)[O-])NCC(C)(O)c1cccs1. The first-order valence-corrected chi connectivity index (χ1v) is 8.83. The number of aliphatic hydroxyl groups is 1. The van der Waals surface area contributed by atoms with Crippen molar-refractivity contribution in [3.8, 4) is 0 Å². The number of nitro benzene ring substituents is 1. The van der Waals surface area contributed by atoms with Crippen LogP contribution in [-0.2, 0) is 12.1 Å². The summed E-state index contributed by atoms with van der Waals surface area (Å²) in [7, 11) is 0. The average Bonchev–Trinajstić information content (AvgIpc) is 3.13. The van der Waals surface area contributed by atoms with E-state index >= 15 is 0 Å². The molecule has 0 saturated carbocycles. The molecule has 0 radical (unpaired) electrons. The number of aliphatic imine (C=N–C) groups is 1. The van der Waals surface area contributed by atoms with Crippen LogP contribution in [0.2, 0.25) is 0 Å². The van der Waals surface area contributed by atoms with Gasteiger partial charge in [0.05, 0.1) is 23.6 Å². The lowest BCUT2D eigenvalue weighted by Gasteiger charge is -2.23. The van der Waals surface area contributed by atoms with Crippen molar-refractivity contribution in [1.29, 1.82) is 0 Å². The predicted octanol–water partition coefficient (Wildman–Crippen LogP) is 2.62. The van der Waals surface area contributed by atoms with E-state index in [0.717, 1.165) is 4.88 Å². The number of rotatable bonds is 7. The van der Waals surface area contributed by atoms with Gasteiger partial charge in [-0.15, -0.1) is 11.3 Å². The number of nitrogens with one attached hydrogen (secondary N) is 2. The molecule has 0 amide bonds. The van der Waals surface area contributed by atoms with Crippen molar-refractivity contribution >= 4 is 23.0 Å². The first-order chi connectivity index (χ1) is 11.9. The van der Waals surface area contributed by atoms with Gasteiger partial charge in [-0.3, -0.25) is 10.1 Å². The minimum atomic E-state index is -1.02. The predicted molar refractivity (Wildman–Crippen MR) is 99.8 cm³/mol. The Morgan fingerprint density at radius 3 is 2.72 bits per heavy atom. The van der Waals surface area contributed by atoms with Crippen molar-refractivity contribution in [2.24, 2.45) is 4.99 Å². The van der Waals surface area contributed by atoms with Gasteiger partial charge in [-0.25, -0.2) is 4.99 Å². The van der Waals surface area contributed by atoms with Crippen LogP contribution in [0.4, 0.5) is 5.69 Å². The molecule has 1 atom stereocenters. The number of benzene rings is 1. The Morgan fingerprint density at radius 1 is 1.32 bits per heavy atom. The summed E-state index contributed by atoms with van der Waals surface area (Å²) in [6, 6.07) is 10.3. The van der Waals surface area contributed by atoms with Crippen molar-refractivity contribution in [3.63, 3.8) is 0 Å². The summed E-state index contributed by atoms with van der Waals surface area (Å²) in [6.45, 7) is 4.75. The van der Waals surface area contributed by atoms with Gasteiger partial charge in [0.2, 0.25) is 0 Å². The molecular formula is C17H22N4O3S. The highest BCUT2D eigenvalue weighted by atomic mass is 32.1. The second-order valence-electron chi connectivity index (χ2n) is 5.69. The van der Waals surface area contributed by atoms with Crippen LogP contribution in [0, 0.1) is 10.1 Å². The Kier molecular flexibility index (Phi) is 6.49. The zero-order valence-electron chi connectivity index (χ0n) is 14.2. The van der Waals surface area contributed by atoms with E-state index in [1.165, 1.54) is 17.4 Å². The third-order valence-corrected chi connectivity index (χ3v) is 4.72. The maximum Gasteiger partial charge on any atom is 0.274 e. The van der Waals surface area contributed by atoms with Crippen molar-refractivity contribution < 1.29 is 10.0 Å². The standard InChI is InChI=1S/C17H22N4O3S/c1-3-18-16(20-12-17(2,22)15-9-6-10-25-15)19-11-13-7-4-5-8-14(13)21(23)24/h4-10,22H,3,11-12H2,1-2H3,(H2,18,19,20). The van der Waals surface area contributed by atoms with Crippen molar-refractivity contribution in [3.05, 3.63) is 62.3 Å². The number of guanidine groups is 1. The molecule has 134 valence electrons. The minimum absolute atomic E-state index is 0.0488. The van der Waals surface area contributed by atoms with E-state index in [2.05, 4.69) is 15.6 Å². The molecule has 7 nitrogen and oxygen atoms in total. The van der Waals surface area contributed by atoms with Gasteiger partial charge >= 0.3 is 0 Å². The van der Waals surface area contributed by atoms with Gasteiger partial charge in [0, 0.05) is 17.5 Å². The molecule has 0 saturated heterocycles. The smallest absolute Gasteiger partial charge is 0.274 e. The summed E-state index contributed by atoms with van der Waals surface area (Å²) in [5, 5.41) is 29.7. The first-order valence-electron chi connectivity index (χ1n) is 7.95. The number of hydrogen-bond donors (Lipinski definition) is 3. The van der Waals surface area contributed by atoms with Crippen LogP contribution in [0.15, 0.2) is 46.8 Å². The van der Waals surface area contributed by atoms with Gasteiger partial charge < -0.3 is 15.7 Å². The summed E-state index contributed by atoms with van der Waals surface area (Å²) in [4.78, 5) is 15.9. The third kappa shape index (κ3) is 5.27. The highest BCUT2D eigenvalue weighted by Crippen LogP contribution is 2.24. The number of para-hydroxylation sites is 1. The molecule has 1 aromatic heterocycles. The molecule has 0 spiro atoms. The van der Waals surface area contributed by atoms with Crippen LogP contribution in [0.5, 0.6) is 0 Å². The summed E-state index contributed by atoms with van der Waals surface area (Å²) >= 11 is 1.49. The minimum Gasteiger partial charge on any atom is -0.383 e. The lowest BCUT2D eigenvalue weighted by molar-refractivity contribution is -0.385. The second-order valence-corrected chi connectivity index (χ2v) is 6.63. The first kappa shape index (κ1) is 18.9. The Balaban J connectivity index is 2.07. The Bertz CT molecular complexity index is 729. The van der Waals surface area contributed by atoms with Crippen LogP contribution < -0.4 is 10.6 Å². The monoisotopic (exact) mass is 362 g/mol. The quantitative estimate of drug-likeness (QED) is 0.304. The Hall–Kier alpha value is -2.45. The van der Waals surface area contributed by atoms with Gasteiger partial charge in [-0.05, 0) is 25.3 Å². The summed E-state index contributed by atoms with van der Waals surface area (Å²) in [5.74, 6) is 0.498. The fraction of sp³-hybridized carbons (Fsp3) is 0.353. The Labute approximate surface area is 150 Å². The van der Waals surface area contributed by atoms with E-state index in [4.69, 9.17) is 0 Å². The number of thiophene rings is 1. The molecular weight excluding hydrogens is 340 g/mol. The van der Waals surface area contributed by atoms with Gasteiger partial charge in [0.15, 0.2) is 5.96 Å². The fourth-order valence-electron chi connectivity index (χ4n) is 2.26. The average molecular weight is 362 g/mol. The number of nitrogens with zero attached hydrogens (tertiary/aromatic N) is 2. The number of nitro groups is 1. The normalized spacial score (nSPS) is 14.0. The van der Waals surface area contributed by atoms with Gasteiger partial charge in [-0.2, -0.15) is 0 Å². The maximum absolute atomic E-state index is 11.1. The zero-order chi connectivity index (χ0) is 18.3. The molecule has 8 heteroatoms.